The Labute approximate surface area is 153 Å². The van der Waals surface area contributed by atoms with Crippen LogP contribution in [0.15, 0.2) is 12.2 Å². The Kier molecular flexibility index (Phi) is 4.82. The van der Waals surface area contributed by atoms with Gasteiger partial charge in [0, 0.05) is 12.2 Å². The highest BCUT2D eigenvalue weighted by molar-refractivity contribution is 5.93. The lowest BCUT2D eigenvalue weighted by Gasteiger charge is -2.34. The van der Waals surface area contributed by atoms with Crippen LogP contribution in [-0.2, 0) is 23.8 Å². The molecule has 3 fully saturated rings. The van der Waals surface area contributed by atoms with Gasteiger partial charge < -0.3 is 19.3 Å². The van der Waals surface area contributed by atoms with Gasteiger partial charge in [-0.3, -0.25) is 0 Å². The molecule has 0 aromatic rings. The number of esters is 2. The quantitative estimate of drug-likeness (QED) is 0.610. The Bertz CT molecular complexity index is 567. The Morgan fingerprint density at radius 2 is 1.42 bits per heavy atom. The van der Waals surface area contributed by atoms with E-state index in [1.165, 1.54) is 25.7 Å². The van der Waals surface area contributed by atoms with Gasteiger partial charge in [0.15, 0.2) is 0 Å². The van der Waals surface area contributed by atoms with Crippen LogP contribution >= 0.6 is 0 Å². The second-order valence-corrected chi connectivity index (χ2v) is 8.29. The third-order valence-electron chi connectivity index (χ3n) is 6.52. The summed E-state index contributed by atoms with van der Waals surface area (Å²) in [5.41, 5.74) is -0.553. The van der Waals surface area contributed by atoms with E-state index >= 15 is 0 Å². The van der Waals surface area contributed by atoms with E-state index in [1.54, 1.807) is 0 Å². The smallest absolute Gasteiger partial charge is 0.376 e. The van der Waals surface area contributed by atoms with E-state index in [1.807, 2.05) is 0 Å². The van der Waals surface area contributed by atoms with Crippen LogP contribution in [-0.4, -0.2) is 34.7 Å². The van der Waals surface area contributed by atoms with Crippen molar-refractivity contribution in [3.63, 3.8) is 0 Å². The fourth-order valence-electron chi connectivity index (χ4n) is 5.30. The molecule has 0 radical (unpaired) electrons. The molecule has 26 heavy (non-hydrogen) atoms. The van der Waals surface area contributed by atoms with Gasteiger partial charge in [-0.25, -0.2) is 9.59 Å². The highest BCUT2D eigenvalue weighted by Crippen LogP contribution is 2.57. The van der Waals surface area contributed by atoms with Gasteiger partial charge in [0.25, 0.3) is 0 Å². The molecule has 2 unspecified atom stereocenters. The largest absolute Gasteiger partial charge is 0.395 e. The number of epoxide rings is 1. The SMILES string of the molecule is O=C1C=CC(=O)OC(O)(CC2(C3CCCCC3)OC2C2CCCCC2)O1. The number of ether oxygens (including phenoxy) is 3. The summed E-state index contributed by atoms with van der Waals surface area (Å²) >= 11 is 0. The van der Waals surface area contributed by atoms with Gasteiger partial charge in [0.2, 0.25) is 0 Å². The maximum absolute atomic E-state index is 11.8. The molecular weight excluding hydrogens is 336 g/mol. The van der Waals surface area contributed by atoms with Crippen molar-refractivity contribution in [2.75, 3.05) is 0 Å². The van der Waals surface area contributed by atoms with Crippen molar-refractivity contribution in [1.29, 1.82) is 0 Å². The summed E-state index contributed by atoms with van der Waals surface area (Å²) in [7, 11) is 0. The third kappa shape index (κ3) is 3.54. The first-order valence-electron chi connectivity index (χ1n) is 10.0. The predicted octanol–water partition coefficient (Wildman–Crippen LogP) is 2.98. The Balaban J connectivity index is 1.55. The molecule has 1 N–H and O–H groups in total. The van der Waals surface area contributed by atoms with Crippen molar-refractivity contribution in [2.24, 2.45) is 11.8 Å². The summed E-state index contributed by atoms with van der Waals surface area (Å²) in [4.78, 5) is 23.5. The second-order valence-electron chi connectivity index (χ2n) is 8.29. The minimum atomic E-state index is -2.25. The summed E-state index contributed by atoms with van der Waals surface area (Å²) < 4.78 is 16.5. The Morgan fingerprint density at radius 1 is 0.885 bits per heavy atom. The van der Waals surface area contributed by atoms with E-state index in [4.69, 9.17) is 14.2 Å². The van der Waals surface area contributed by atoms with Crippen LogP contribution < -0.4 is 0 Å². The first-order chi connectivity index (χ1) is 12.5. The lowest BCUT2D eigenvalue weighted by molar-refractivity contribution is -0.328. The van der Waals surface area contributed by atoms with Gasteiger partial charge in [0.1, 0.15) is 5.60 Å². The molecule has 1 saturated heterocycles. The van der Waals surface area contributed by atoms with E-state index in [-0.39, 0.29) is 12.5 Å². The van der Waals surface area contributed by atoms with Gasteiger partial charge in [0.05, 0.1) is 12.5 Å². The fraction of sp³-hybridized carbons (Fsp3) is 0.800. The molecule has 0 spiro atoms. The summed E-state index contributed by atoms with van der Waals surface area (Å²) in [5, 5.41) is 10.8. The average Bonchev–Trinajstić information content (AvgIpc) is 3.37. The number of carbonyl (C=O) groups excluding carboxylic acids is 2. The van der Waals surface area contributed by atoms with Gasteiger partial charge >= 0.3 is 17.9 Å². The summed E-state index contributed by atoms with van der Waals surface area (Å²) in [6, 6.07) is 0. The number of carbonyl (C=O) groups is 2. The van der Waals surface area contributed by atoms with Crippen LogP contribution in [0.3, 0.4) is 0 Å². The molecule has 144 valence electrons. The van der Waals surface area contributed by atoms with Crippen LogP contribution in [0.2, 0.25) is 0 Å². The van der Waals surface area contributed by atoms with Gasteiger partial charge in [-0.15, -0.1) is 0 Å². The summed E-state index contributed by atoms with van der Waals surface area (Å²) in [6.07, 6.45) is 13.6. The van der Waals surface area contributed by atoms with E-state index in [2.05, 4.69) is 0 Å². The normalized spacial score (nSPS) is 35.5. The standard InChI is InChI=1S/C20H28O6/c21-16-11-12-17(22)25-20(23,24-16)13-19(15-9-5-2-6-10-15)18(26-19)14-7-3-1-4-8-14/h11-12,14-15,18,23H,1-10,13H2. The highest BCUT2D eigenvalue weighted by atomic mass is 16.8. The van der Waals surface area contributed by atoms with Crippen LogP contribution in [0.25, 0.3) is 0 Å². The molecule has 0 aromatic carbocycles. The lowest BCUT2D eigenvalue weighted by atomic mass is 9.72. The average molecular weight is 364 g/mol. The zero-order valence-electron chi connectivity index (χ0n) is 15.2. The molecule has 2 saturated carbocycles. The molecule has 2 aliphatic heterocycles. The van der Waals surface area contributed by atoms with Gasteiger partial charge in [-0.2, -0.15) is 0 Å². The molecule has 2 aliphatic carbocycles. The van der Waals surface area contributed by atoms with Crippen molar-refractivity contribution in [3.8, 4) is 0 Å². The molecule has 4 aliphatic rings. The number of aliphatic hydroxyl groups is 1. The van der Waals surface area contributed by atoms with Crippen LogP contribution in [0.4, 0.5) is 0 Å². The molecule has 0 bridgehead atoms. The molecular formula is C20H28O6. The van der Waals surface area contributed by atoms with Crippen molar-refractivity contribution < 1.29 is 28.9 Å². The van der Waals surface area contributed by atoms with Crippen molar-refractivity contribution in [3.05, 3.63) is 12.2 Å². The lowest BCUT2D eigenvalue weighted by Crippen LogP contribution is -2.46. The van der Waals surface area contributed by atoms with Crippen LogP contribution in [0, 0.1) is 11.8 Å². The van der Waals surface area contributed by atoms with E-state index in [0.29, 0.717) is 11.8 Å². The number of rotatable bonds is 4. The molecule has 6 heteroatoms. The number of hydrogen-bond acceptors (Lipinski definition) is 6. The predicted molar refractivity (Wildman–Crippen MR) is 91.6 cm³/mol. The van der Waals surface area contributed by atoms with Crippen molar-refractivity contribution in [1.82, 2.24) is 0 Å². The highest BCUT2D eigenvalue weighted by Gasteiger charge is 2.67. The van der Waals surface area contributed by atoms with Gasteiger partial charge in [-0.05, 0) is 37.5 Å². The minimum absolute atomic E-state index is 0.00495. The number of cyclic esters (lactones) is 2. The maximum Gasteiger partial charge on any atom is 0.376 e. The molecule has 6 nitrogen and oxygen atoms in total. The zero-order chi connectivity index (χ0) is 18.2. The molecule has 2 atom stereocenters. The van der Waals surface area contributed by atoms with E-state index in [9.17, 15) is 14.7 Å². The first kappa shape index (κ1) is 18.0. The Hall–Kier alpha value is -1.40. The summed E-state index contributed by atoms with van der Waals surface area (Å²) in [6.45, 7) is 0. The topological polar surface area (TPSA) is 85.4 Å². The van der Waals surface area contributed by atoms with Crippen molar-refractivity contribution in [2.45, 2.75) is 88.3 Å². The number of hydrogen-bond donors (Lipinski definition) is 1. The molecule has 0 amide bonds. The monoisotopic (exact) mass is 364 g/mol. The summed E-state index contributed by atoms with van der Waals surface area (Å²) in [5.74, 6) is -3.01. The molecule has 2 heterocycles. The fourth-order valence-corrected chi connectivity index (χ4v) is 5.30. The van der Waals surface area contributed by atoms with Gasteiger partial charge in [-0.1, -0.05) is 38.5 Å². The van der Waals surface area contributed by atoms with E-state index < -0.39 is 23.5 Å². The van der Waals surface area contributed by atoms with Crippen LogP contribution in [0.5, 0.6) is 0 Å². The zero-order valence-corrected chi connectivity index (χ0v) is 15.2. The van der Waals surface area contributed by atoms with Crippen molar-refractivity contribution >= 4 is 11.9 Å². The van der Waals surface area contributed by atoms with Crippen LogP contribution in [0.1, 0.15) is 70.6 Å². The third-order valence-corrected chi connectivity index (χ3v) is 6.52. The molecule has 0 aromatic heterocycles. The maximum atomic E-state index is 11.8. The Morgan fingerprint density at radius 3 is 2.00 bits per heavy atom. The molecule has 4 rings (SSSR count). The second kappa shape index (κ2) is 6.97. The minimum Gasteiger partial charge on any atom is -0.395 e. The first-order valence-corrected chi connectivity index (χ1v) is 10.0. The van der Waals surface area contributed by atoms with E-state index in [0.717, 1.165) is 50.7 Å².